The summed E-state index contributed by atoms with van der Waals surface area (Å²) in [6, 6.07) is 12.4. The molecule has 1 unspecified atom stereocenters. The predicted molar refractivity (Wildman–Crippen MR) is 72.4 cm³/mol. The number of hydrogen-bond donors (Lipinski definition) is 0. The third kappa shape index (κ3) is 2.15. The normalized spacial score (nSPS) is 23.7. The topological polar surface area (TPSA) is 30.0 Å². The van der Waals surface area contributed by atoms with Gasteiger partial charge in [-0.05, 0) is 30.4 Å². The molecule has 0 N–H and O–H groups in total. The molecule has 0 aliphatic heterocycles. The van der Waals surface area contributed by atoms with Crippen LogP contribution >= 0.6 is 0 Å². The van der Waals surface area contributed by atoms with Gasteiger partial charge in [-0.3, -0.25) is 9.78 Å². The molecule has 0 spiro atoms. The SMILES string of the molecule is CC1(Cc2ccc3ccccc3n2)CCC(=O)C1. The molecule has 1 atom stereocenters. The van der Waals surface area contributed by atoms with Crippen molar-refractivity contribution in [2.75, 3.05) is 0 Å². The Kier molecular flexibility index (Phi) is 2.66. The van der Waals surface area contributed by atoms with Crippen LogP contribution in [0.5, 0.6) is 0 Å². The number of para-hydroxylation sites is 1. The number of benzene rings is 1. The maximum Gasteiger partial charge on any atom is 0.133 e. The summed E-state index contributed by atoms with van der Waals surface area (Å²) in [7, 11) is 0. The molecule has 92 valence electrons. The van der Waals surface area contributed by atoms with E-state index in [9.17, 15) is 4.79 Å². The maximum absolute atomic E-state index is 11.4. The van der Waals surface area contributed by atoms with Crippen molar-refractivity contribution < 1.29 is 4.79 Å². The number of pyridine rings is 1. The standard InChI is InChI=1S/C16H17NO/c1-16(9-8-14(18)11-16)10-13-7-6-12-4-2-3-5-15(12)17-13/h2-7H,8-11H2,1H3. The van der Waals surface area contributed by atoms with Crippen LogP contribution in [0.2, 0.25) is 0 Å². The number of ketones is 1. The van der Waals surface area contributed by atoms with Crippen molar-refractivity contribution in [1.29, 1.82) is 0 Å². The summed E-state index contributed by atoms with van der Waals surface area (Å²) < 4.78 is 0. The van der Waals surface area contributed by atoms with Crippen LogP contribution in [-0.4, -0.2) is 10.8 Å². The van der Waals surface area contributed by atoms with Crippen molar-refractivity contribution in [3.05, 3.63) is 42.1 Å². The molecule has 2 nitrogen and oxygen atoms in total. The van der Waals surface area contributed by atoms with Crippen LogP contribution in [0.15, 0.2) is 36.4 Å². The molecular weight excluding hydrogens is 222 g/mol. The lowest BCUT2D eigenvalue weighted by molar-refractivity contribution is -0.117. The average Bonchev–Trinajstić information content (AvgIpc) is 2.69. The summed E-state index contributed by atoms with van der Waals surface area (Å²) in [6.45, 7) is 2.20. The number of carbonyl (C=O) groups excluding carboxylic acids is 1. The van der Waals surface area contributed by atoms with Gasteiger partial charge in [0.1, 0.15) is 5.78 Å². The molecule has 18 heavy (non-hydrogen) atoms. The van der Waals surface area contributed by atoms with E-state index >= 15 is 0 Å². The predicted octanol–water partition coefficient (Wildman–Crippen LogP) is 3.54. The first-order valence-electron chi connectivity index (χ1n) is 6.51. The average molecular weight is 239 g/mol. The van der Waals surface area contributed by atoms with Crippen molar-refractivity contribution >= 4 is 16.7 Å². The lowest BCUT2D eigenvalue weighted by Crippen LogP contribution is -2.16. The minimum Gasteiger partial charge on any atom is -0.300 e. The largest absolute Gasteiger partial charge is 0.300 e. The van der Waals surface area contributed by atoms with E-state index in [1.807, 2.05) is 18.2 Å². The van der Waals surface area contributed by atoms with Gasteiger partial charge in [0, 0.05) is 23.9 Å². The molecule has 1 aromatic heterocycles. The van der Waals surface area contributed by atoms with E-state index in [1.165, 1.54) is 5.39 Å². The first-order chi connectivity index (χ1) is 8.65. The van der Waals surface area contributed by atoms with E-state index < -0.39 is 0 Å². The van der Waals surface area contributed by atoms with Gasteiger partial charge in [0.25, 0.3) is 0 Å². The summed E-state index contributed by atoms with van der Waals surface area (Å²) in [5.41, 5.74) is 2.26. The molecule has 2 aromatic rings. The summed E-state index contributed by atoms with van der Waals surface area (Å²) in [5, 5.41) is 1.17. The fourth-order valence-electron chi connectivity index (χ4n) is 2.89. The summed E-state index contributed by atoms with van der Waals surface area (Å²) >= 11 is 0. The molecule has 0 amide bonds. The van der Waals surface area contributed by atoms with E-state index in [1.54, 1.807) is 0 Å². The highest BCUT2D eigenvalue weighted by molar-refractivity contribution is 5.81. The van der Waals surface area contributed by atoms with E-state index in [-0.39, 0.29) is 5.41 Å². The number of Topliss-reactive ketones (excluding diaryl/α,β-unsaturated/α-hetero) is 1. The van der Waals surface area contributed by atoms with Gasteiger partial charge in [0.05, 0.1) is 5.52 Å². The van der Waals surface area contributed by atoms with E-state index in [0.717, 1.165) is 30.5 Å². The van der Waals surface area contributed by atoms with Crippen LogP contribution in [0.1, 0.15) is 31.9 Å². The molecular formula is C16H17NO. The van der Waals surface area contributed by atoms with Crippen molar-refractivity contribution in [3.63, 3.8) is 0 Å². The molecule has 1 heterocycles. The molecule has 0 saturated heterocycles. The van der Waals surface area contributed by atoms with E-state index in [4.69, 9.17) is 4.98 Å². The number of aromatic nitrogens is 1. The van der Waals surface area contributed by atoms with Crippen molar-refractivity contribution in [2.24, 2.45) is 5.41 Å². The monoisotopic (exact) mass is 239 g/mol. The summed E-state index contributed by atoms with van der Waals surface area (Å²) in [4.78, 5) is 16.1. The Hall–Kier alpha value is -1.70. The highest BCUT2D eigenvalue weighted by Crippen LogP contribution is 2.38. The van der Waals surface area contributed by atoms with E-state index in [2.05, 4.69) is 25.1 Å². The molecule has 1 aliphatic rings. The van der Waals surface area contributed by atoms with Gasteiger partial charge in [0.15, 0.2) is 0 Å². The fraction of sp³-hybridized carbons (Fsp3) is 0.375. The van der Waals surface area contributed by atoms with Gasteiger partial charge in [-0.2, -0.15) is 0 Å². The van der Waals surface area contributed by atoms with Gasteiger partial charge in [0.2, 0.25) is 0 Å². The second-order valence-corrected chi connectivity index (χ2v) is 5.70. The maximum atomic E-state index is 11.4. The van der Waals surface area contributed by atoms with Gasteiger partial charge in [-0.1, -0.05) is 31.2 Å². The number of fused-ring (bicyclic) bond motifs is 1. The molecule has 1 saturated carbocycles. The fourth-order valence-corrected chi connectivity index (χ4v) is 2.89. The van der Waals surface area contributed by atoms with Gasteiger partial charge in [-0.25, -0.2) is 0 Å². The molecule has 0 bridgehead atoms. The van der Waals surface area contributed by atoms with Gasteiger partial charge < -0.3 is 0 Å². The first-order valence-corrected chi connectivity index (χ1v) is 6.51. The second kappa shape index (κ2) is 4.20. The number of carbonyl (C=O) groups is 1. The quantitative estimate of drug-likeness (QED) is 0.802. The Morgan fingerprint density at radius 3 is 2.83 bits per heavy atom. The Balaban J connectivity index is 1.89. The van der Waals surface area contributed by atoms with Crippen LogP contribution in [0, 0.1) is 5.41 Å². The highest BCUT2D eigenvalue weighted by atomic mass is 16.1. The van der Waals surface area contributed by atoms with Crippen molar-refractivity contribution in [2.45, 2.75) is 32.6 Å². The van der Waals surface area contributed by atoms with Crippen LogP contribution in [0.25, 0.3) is 10.9 Å². The zero-order valence-electron chi connectivity index (χ0n) is 10.6. The molecule has 1 aliphatic carbocycles. The van der Waals surface area contributed by atoms with Gasteiger partial charge in [-0.15, -0.1) is 0 Å². The third-order valence-corrected chi connectivity index (χ3v) is 3.90. The summed E-state index contributed by atoms with van der Waals surface area (Å²) in [5.74, 6) is 0.401. The Morgan fingerprint density at radius 2 is 2.06 bits per heavy atom. The second-order valence-electron chi connectivity index (χ2n) is 5.70. The minimum atomic E-state index is 0.118. The van der Waals surface area contributed by atoms with Crippen LogP contribution in [-0.2, 0) is 11.2 Å². The summed E-state index contributed by atoms with van der Waals surface area (Å²) in [6.07, 6.45) is 3.36. The lowest BCUT2D eigenvalue weighted by atomic mass is 9.83. The lowest BCUT2D eigenvalue weighted by Gasteiger charge is -2.21. The number of rotatable bonds is 2. The van der Waals surface area contributed by atoms with E-state index in [0.29, 0.717) is 12.2 Å². The Labute approximate surface area is 107 Å². The molecule has 1 fully saturated rings. The van der Waals surface area contributed by atoms with Crippen molar-refractivity contribution in [1.82, 2.24) is 4.98 Å². The Bertz CT molecular complexity index is 605. The molecule has 3 rings (SSSR count). The third-order valence-electron chi connectivity index (χ3n) is 3.90. The zero-order valence-corrected chi connectivity index (χ0v) is 10.6. The Morgan fingerprint density at radius 1 is 1.22 bits per heavy atom. The highest BCUT2D eigenvalue weighted by Gasteiger charge is 2.34. The number of nitrogens with zero attached hydrogens (tertiary/aromatic N) is 1. The van der Waals surface area contributed by atoms with Crippen LogP contribution in [0.4, 0.5) is 0 Å². The van der Waals surface area contributed by atoms with Gasteiger partial charge >= 0.3 is 0 Å². The zero-order chi connectivity index (χ0) is 12.6. The molecule has 2 heteroatoms. The van der Waals surface area contributed by atoms with Crippen LogP contribution in [0.3, 0.4) is 0 Å². The minimum absolute atomic E-state index is 0.118. The smallest absolute Gasteiger partial charge is 0.133 e. The van der Waals surface area contributed by atoms with Crippen molar-refractivity contribution in [3.8, 4) is 0 Å². The van der Waals surface area contributed by atoms with Crippen LogP contribution < -0.4 is 0 Å². The molecule has 1 aromatic carbocycles. The first kappa shape index (κ1) is 11.4. The number of hydrogen-bond acceptors (Lipinski definition) is 2. The molecule has 0 radical (unpaired) electrons.